The number of hydrogen-bond acceptors (Lipinski definition) is 3. The van der Waals surface area contributed by atoms with Gasteiger partial charge in [0.15, 0.2) is 0 Å². The highest BCUT2D eigenvalue weighted by molar-refractivity contribution is 5.78. The summed E-state index contributed by atoms with van der Waals surface area (Å²) < 4.78 is 0. The Balaban J connectivity index is 1.59. The highest BCUT2D eigenvalue weighted by Crippen LogP contribution is 2.23. The van der Waals surface area contributed by atoms with Crippen molar-refractivity contribution in [3.63, 3.8) is 0 Å². The summed E-state index contributed by atoms with van der Waals surface area (Å²) in [5.41, 5.74) is 5.82. The van der Waals surface area contributed by atoms with Crippen molar-refractivity contribution in [3.05, 3.63) is 0 Å². The normalized spacial score (nSPS) is 30.4. The van der Waals surface area contributed by atoms with E-state index in [2.05, 4.69) is 10.2 Å². The minimum Gasteiger partial charge on any atom is -0.355 e. The van der Waals surface area contributed by atoms with Crippen LogP contribution in [0, 0.1) is 5.92 Å². The third-order valence-corrected chi connectivity index (χ3v) is 4.02. The first-order valence-electron chi connectivity index (χ1n) is 7.01. The maximum absolute atomic E-state index is 11.8. The Hall–Kier alpha value is -0.610. The lowest BCUT2D eigenvalue weighted by atomic mass is 10.1. The molecule has 4 heteroatoms. The van der Waals surface area contributed by atoms with Crippen LogP contribution in [0.3, 0.4) is 0 Å². The maximum Gasteiger partial charge on any atom is 0.223 e. The number of carbonyl (C=O) groups excluding carboxylic acids is 1. The molecule has 2 fully saturated rings. The molecular weight excluding hydrogens is 214 g/mol. The Labute approximate surface area is 104 Å². The molecule has 1 aliphatic carbocycles. The van der Waals surface area contributed by atoms with Crippen molar-refractivity contribution in [3.8, 4) is 0 Å². The van der Waals surface area contributed by atoms with E-state index in [1.165, 1.54) is 32.4 Å². The van der Waals surface area contributed by atoms with Crippen molar-refractivity contribution in [2.24, 2.45) is 11.7 Å². The van der Waals surface area contributed by atoms with E-state index in [0.29, 0.717) is 0 Å². The monoisotopic (exact) mass is 239 g/mol. The molecule has 1 aliphatic heterocycles. The standard InChI is InChI=1S/C13H25N3O/c14-12-5-4-11(10-12)13(17)15-6-9-16-7-2-1-3-8-16/h11-12H,1-10,14H2,(H,15,17)/t11-,12+/m1/s1. The molecule has 2 rings (SSSR count). The number of likely N-dealkylation sites (tertiary alicyclic amines) is 1. The van der Waals surface area contributed by atoms with E-state index < -0.39 is 0 Å². The van der Waals surface area contributed by atoms with Crippen molar-refractivity contribution >= 4 is 5.91 Å². The number of nitrogens with zero attached hydrogens (tertiary/aromatic N) is 1. The Kier molecular flexibility index (Phi) is 4.80. The van der Waals surface area contributed by atoms with Crippen LogP contribution in [0.1, 0.15) is 38.5 Å². The summed E-state index contributed by atoms with van der Waals surface area (Å²) in [4.78, 5) is 14.3. The molecule has 0 radical (unpaired) electrons. The topological polar surface area (TPSA) is 58.4 Å². The SMILES string of the molecule is N[C@H]1CC[C@@H](C(=O)NCCN2CCCCC2)C1. The molecule has 1 heterocycles. The summed E-state index contributed by atoms with van der Waals surface area (Å²) >= 11 is 0. The van der Waals surface area contributed by atoms with E-state index in [0.717, 1.165) is 32.4 Å². The average molecular weight is 239 g/mol. The molecule has 0 bridgehead atoms. The quantitative estimate of drug-likeness (QED) is 0.760. The molecule has 2 aliphatic rings. The molecule has 0 aromatic heterocycles. The zero-order chi connectivity index (χ0) is 12.1. The van der Waals surface area contributed by atoms with Gasteiger partial charge in [-0.3, -0.25) is 4.79 Å². The Morgan fingerprint density at radius 2 is 2.00 bits per heavy atom. The molecule has 0 unspecified atom stereocenters. The van der Waals surface area contributed by atoms with Gasteiger partial charge in [0.1, 0.15) is 0 Å². The Bertz CT molecular complexity index is 251. The van der Waals surface area contributed by atoms with Crippen LogP contribution in [-0.2, 0) is 4.79 Å². The number of carbonyl (C=O) groups is 1. The third-order valence-electron chi connectivity index (χ3n) is 4.02. The summed E-state index contributed by atoms with van der Waals surface area (Å²) in [6.45, 7) is 4.20. The summed E-state index contributed by atoms with van der Waals surface area (Å²) in [5, 5.41) is 3.06. The predicted molar refractivity (Wildman–Crippen MR) is 68.6 cm³/mol. The van der Waals surface area contributed by atoms with Gasteiger partial charge in [0, 0.05) is 25.0 Å². The van der Waals surface area contributed by atoms with Gasteiger partial charge in [-0.25, -0.2) is 0 Å². The molecule has 4 nitrogen and oxygen atoms in total. The second-order valence-corrected chi connectivity index (χ2v) is 5.46. The van der Waals surface area contributed by atoms with Crippen LogP contribution in [0.15, 0.2) is 0 Å². The van der Waals surface area contributed by atoms with Crippen molar-refractivity contribution in [1.29, 1.82) is 0 Å². The second kappa shape index (κ2) is 6.36. The molecule has 98 valence electrons. The first kappa shape index (κ1) is 12.8. The van der Waals surface area contributed by atoms with Crippen LogP contribution in [0.2, 0.25) is 0 Å². The third kappa shape index (κ3) is 3.96. The highest BCUT2D eigenvalue weighted by Gasteiger charge is 2.27. The molecule has 1 saturated heterocycles. The fourth-order valence-electron chi connectivity index (χ4n) is 2.92. The van der Waals surface area contributed by atoms with Crippen molar-refractivity contribution < 1.29 is 4.79 Å². The lowest BCUT2D eigenvalue weighted by Crippen LogP contribution is -2.39. The lowest BCUT2D eigenvalue weighted by molar-refractivity contribution is -0.124. The van der Waals surface area contributed by atoms with Crippen molar-refractivity contribution in [2.75, 3.05) is 26.2 Å². The van der Waals surface area contributed by atoms with Crippen LogP contribution in [0.4, 0.5) is 0 Å². The second-order valence-electron chi connectivity index (χ2n) is 5.46. The van der Waals surface area contributed by atoms with Crippen LogP contribution < -0.4 is 11.1 Å². The summed E-state index contributed by atoms with van der Waals surface area (Å²) in [6.07, 6.45) is 6.83. The van der Waals surface area contributed by atoms with Crippen LogP contribution in [0.25, 0.3) is 0 Å². The maximum atomic E-state index is 11.8. The number of amides is 1. The number of nitrogens with two attached hydrogens (primary N) is 1. The molecule has 1 amide bonds. The van der Waals surface area contributed by atoms with Crippen LogP contribution >= 0.6 is 0 Å². The zero-order valence-electron chi connectivity index (χ0n) is 10.7. The van der Waals surface area contributed by atoms with Gasteiger partial charge in [-0.1, -0.05) is 6.42 Å². The van der Waals surface area contributed by atoms with E-state index >= 15 is 0 Å². The predicted octanol–water partition coefficient (Wildman–Crippen LogP) is 0.716. The van der Waals surface area contributed by atoms with E-state index in [9.17, 15) is 4.79 Å². The first-order chi connectivity index (χ1) is 8.25. The highest BCUT2D eigenvalue weighted by atomic mass is 16.1. The van der Waals surface area contributed by atoms with Gasteiger partial charge in [0.2, 0.25) is 5.91 Å². The fraction of sp³-hybridized carbons (Fsp3) is 0.923. The Morgan fingerprint density at radius 3 is 2.65 bits per heavy atom. The zero-order valence-corrected chi connectivity index (χ0v) is 10.7. The van der Waals surface area contributed by atoms with Gasteiger partial charge >= 0.3 is 0 Å². The van der Waals surface area contributed by atoms with Crippen LogP contribution in [0.5, 0.6) is 0 Å². The summed E-state index contributed by atoms with van der Waals surface area (Å²) in [7, 11) is 0. The van der Waals surface area contributed by atoms with Gasteiger partial charge in [-0.15, -0.1) is 0 Å². The molecule has 0 spiro atoms. The largest absolute Gasteiger partial charge is 0.355 e. The minimum atomic E-state index is 0.173. The van der Waals surface area contributed by atoms with E-state index in [-0.39, 0.29) is 17.9 Å². The first-order valence-corrected chi connectivity index (χ1v) is 7.01. The average Bonchev–Trinajstić information content (AvgIpc) is 2.77. The van der Waals surface area contributed by atoms with Crippen molar-refractivity contribution in [2.45, 2.75) is 44.6 Å². The van der Waals surface area contributed by atoms with E-state index in [1.807, 2.05) is 0 Å². The van der Waals surface area contributed by atoms with Gasteiger partial charge in [0.05, 0.1) is 0 Å². The molecule has 3 N–H and O–H groups in total. The van der Waals surface area contributed by atoms with Crippen molar-refractivity contribution in [1.82, 2.24) is 10.2 Å². The van der Waals surface area contributed by atoms with Gasteiger partial charge in [0.25, 0.3) is 0 Å². The smallest absolute Gasteiger partial charge is 0.223 e. The summed E-state index contributed by atoms with van der Waals surface area (Å²) in [6, 6.07) is 0.243. The molecule has 0 aromatic rings. The molecule has 2 atom stereocenters. The van der Waals surface area contributed by atoms with Gasteiger partial charge in [-0.2, -0.15) is 0 Å². The molecule has 1 saturated carbocycles. The van der Waals surface area contributed by atoms with E-state index in [4.69, 9.17) is 5.73 Å². The van der Waals surface area contributed by atoms with Crippen LogP contribution in [-0.4, -0.2) is 43.0 Å². The Morgan fingerprint density at radius 1 is 1.24 bits per heavy atom. The number of nitrogens with one attached hydrogen (secondary N) is 1. The van der Waals surface area contributed by atoms with E-state index in [1.54, 1.807) is 0 Å². The summed E-state index contributed by atoms with van der Waals surface area (Å²) in [5.74, 6) is 0.390. The molecule has 17 heavy (non-hydrogen) atoms. The number of piperidine rings is 1. The molecule has 0 aromatic carbocycles. The fourth-order valence-corrected chi connectivity index (χ4v) is 2.92. The van der Waals surface area contributed by atoms with Gasteiger partial charge in [-0.05, 0) is 45.2 Å². The lowest BCUT2D eigenvalue weighted by Gasteiger charge is -2.26. The minimum absolute atomic E-state index is 0.173. The van der Waals surface area contributed by atoms with Gasteiger partial charge < -0.3 is 16.0 Å². The number of hydrogen-bond donors (Lipinski definition) is 2. The molecular formula is C13H25N3O. The number of rotatable bonds is 4.